The molecule has 129 valence electrons. The van der Waals surface area contributed by atoms with Crippen molar-refractivity contribution in [3.63, 3.8) is 0 Å². The molecule has 5 heteroatoms. The van der Waals surface area contributed by atoms with E-state index in [1.165, 1.54) is 3.28 Å². The molecule has 0 amide bonds. The summed E-state index contributed by atoms with van der Waals surface area (Å²) in [6.45, 7) is 8.75. The number of rotatable bonds is 11. The molecule has 0 aromatic carbocycles. The summed E-state index contributed by atoms with van der Waals surface area (Å²) in [4.78, 5) is 0. The van der Waals surface area contributed by atoms with Crippen LogP contribution in [0.5, 0.6) is 0 Å². The zero-order valence-electron chi connectivity index (χ0n) is 15.4. The van der Waals surface area contributed by atoms with Gasteiger partial charge in [-0.2, -0.15) is 0 Å². The normalized spacial score (nSPS) is 17.4. The number of allylic oxidation sites excluding steroid dienone is 4. The Balaban J connectivity index is 3.42. The van der Waals surface area contributed by atoms with Gasteiger partial charge < -0.3 is 0 Å². The van der Waals surface area contributed by atoms with E-state index in [9.17, 15) is 0 Å². The van der Waals surface area contributed by atoms with E-state index < -0.39 is 27.1 Å². The second kappa shape index (κ2) is 8.76. The van der Waals surface area contributed by atoms with E-state index in [4.69, 9.17) is 8.44 Å². The molecular formula is C17H35GeO3Zr. The van der Waals surface area contributed by atoms with Crippen molar-refractivity contribution >= 4 is 9.48 Å². The van der Waals surface area contributed by atoms with Crippen LogP contribution in [0.3, 0.4) is 0 Å². The van der Waals surface area contributed by atoms with E-state index in [0.29, 0.717) is 0 Å². The third kappa shape index (κ3) is 3.88. The van der Waals surface area contributed by atoms with Gasteiger partial charge in [-0.25, -0.2) is 0 Å². The fourth-order valence-corrected chi connectivity index (χ4v) is 51.2. The fraction of sp³-hybridized carbons (Fsp3) is 0.765. The molecule has 0 aromatic heterocycles. The SMILES string of the molecule is CCC[O][Zr]([O]CCC)([O]CCC)([C]1=CC=CC1)[Ge]([CH3])([CH3])[CH3]. The summed E-state index contributed by atoms with van der Waals surface area (Å²) in [6.07, 6.45) is 10.6. The number of hydrogen-bond acceptors (Lipinski definition) is 3. The summed E-state index contributed by atoms with van der Waals surface area (Å²) in [5.74, 6) is 7.27. The van der Waals surface area contributed by atoms with Crippen LogP contribution in [-0.2, 0) is 26.0 Å². The molecule has 0 aliphatic heterocycles. The maximum atomic E-state index is 6.76. The van der Waals surface area contributed by atoms with Crippen LogP contribution in [0.2, 0.25) is 17.3 Å². The quantitative estimate of drug-likeness (QED) is 0.395. The van der Waals surface area contributed by atoms with Gasteiger partial charge in [-0.3, -0.25) is 0 Å². The average Bonchev–Trinajstić information content (AvgIpc) is 3.01. The molecule has 0 radical (unpaired) electrons. The molecule has 1 aliphatic carbocycles. The van der Waals surface area contributed by atoms with Crippen LogP contribution in [0.15, 0.2) is 21.5 Å². The summed E-state index contributed by atoms with van der Waals surface area (Å²) in [6, 6.07) is 0. The summed E-state index contributed by atoms with van der Waals surface area (Å²) in [5, 5.41) is 0. The molecule has 0 saturated heterocycles. The van der Waals surface area contributed by atoms with Crippen molar-refractivity contribution in [2.45, 2.75) is 63.7 Å². The Morgan fingerprint density at radius 2 is 1.36 bits per heavy atom. The minimum atomic E-state index is -4.32. The van der Waals surface area contributed by atoms with Gasteiger partial charge in [-0.15, -0.1) is 0 Å². The monoisotopic (exact) mass is 451 g/mol. The molecule has 0 fully saturated rings. The van der Waals surface area contributed by atoms with Gasteiger partial charge in [0.1, 0.15) is 0 Å². The van der Waals surface area contributed by atoms with Gasteiger partial charge in [0.2, 0.25) is 0 Å². The van der Waals surface area contributed by atoms with E-state index in [0.717, 1.165) is 45.5 Å². The predicted molar refractivity (Wildman–Crippen MR) is 93.9 cm³/mol. The van der Waals surface area contributed by atoms with Crippen LogP contribution < -0.4 is 0 Å². The summed E-state index contributed by atoms with van der Waals surface area (Å²) in [7, 11) is -2.42. The molecule has 0 heterocycles. The molecule has 0 aromatic rings. The molecule has 1 rings (SSSR count). The van der Waals surface area contributed by atoms with Crippen LogP contribution >= 0.6 is 0 Å². The third-order valence-corrected chi connectivity index (χ3v) is 61.2. The van der Waals surface area contributed by atoms with E-state index in [1.54, 1.807) is 0 Å². The van der Waals surface area contributed by atoms with E-state index >= 15 is 0 Å². The number of hydrogen-bond donors (Lipinski definition) is 0. The Kier molecular flexibility index (Phi) is 8.29. The Bertz CT molecular complexity index is 388. The molecule has 0 atom stereocenters. The Morgan fingerprint density at radius 3 is 1.64 bits per heavy atom. The first-order valence-corrected chi connectivity index (χ1v) is 26.8. The van der Waals surface area contributed by atoms with Crippen molar-refractivity contribution < 1.29 is 26.0 Å². The molecule has 0 saturated carbocycles. The van der Waals surface area contributed by atoms with Gasteiger partial charge in [0, 0.05) is 0 Å². The van der Waals surface area contributed by atoms with Crippen molar-refractivity contribution in [2.24, 2.45) is 0 Å². The van der Waals surface area contributed by atoms with Gasteiger partial charge in [-0.1, -0.05) is 0 Å². The van der Waals surface area contributed by atoms with Crippen LogP contribution in [0.25, 0.3) is 0 Å². The van der Waals surface area contributed by atoms with E-state index in [-0.39, 0.29) is 0 Å². The van der Waals surface area contributed by atoms with Gasteiger partial charge in [0.25, 0.3) is 0 Å². The van der Waals surface area contributed by atoms with Crippen LogP contribution in [0.4, 0.5) is 0 Å². The van der Waals surface area contributed by atoms with Crippen molar-refractivity contribution in [1.82, 2.24) is 0 Å². The van der Waals surface area contributed by atoms with Crippen molar-refractivity contribution in [2.75, 3.05) is 19.8 Å². The first-order valence-electron chi connectivity index (χ1n) is 8.82. The Hall–Kier alpha value is 0.786. The van der Waals surface area contributed by atoms with Gasteiger partial charge in [-0.05, 0) is 0 Å². The van der Waals surface area contributed by atoms with Crippen molar-refractivity contribution in [3.05, 3.63) is 21.5 Å². The van der Waals surface area contributed by atoms with Gasteiger partial charge >= 0.3 is 141 Å². The average molecular weight is 451 g/mol. The summed E-state index contributed by atoms with van der Waals surface area (Å²) < 4.78 is 21.6. The Labute approximate surface area is 140 Å². The molecule has 3 nitrogen and oxygen atoms in total. The van der Waals surface area contributed by atoms with Gasteiger partial charge in [0.15, 0.2) is 0 Å². The molecular weight excluding hydrogens is 416 g/mol. The predicted octanol–water partition coefficient (Wildman–Crippen LogP) is 5.38. The zero-order chi connectivity index (χ0) is 16.7. The van der Waals surface area contributed by atoms with Gasteiger partial charge in [0.05, 0.1) is 0 Å². The summed E-state index contributed by atoms with van der Waals surface area (Å²) in [5.41, 5.74) is 0. The van der Waals surface area contributed by atoms with E-state index in [1.807, 2.05) is 0 Å². The van der Waals surface area contributed by atoms with Crippen molar-refractivity contribution in [3.8, 4) is 0 Å². The standard InChI is InChI=1S/C5H5.C3H9Ge.3C3H7O.Zr/c1-2-4-5-3-1;1-4(2)3;3*1-2-3-4;/h1-3H,4H2;1-3H3;3*2-3H2,1H3;/q;;3*-1;+3. The summed E-state index contributed by atoms with van der Waals surface area (Å²) >= 11 is -4.32. The third-order valence-electron chi connectivity index (χ3n) is 4.32. The fourth-order valence-electron chi connectivity index (χ4n) is 3.16. The van der Waals surface area contributed by atoms with Crippen LogP contribution in [-0.4, -0.2) is 29.3 Å². The first-order chi connectivity index (χ1) is 10.4. The zero-order valence-corrected chi connectivity index (χ0v) is 20.0. The maximum absolute atomic E-state index is 6.76. The van der Waals surface area contributed by atoms with Crippen LogP contribution in [0, 0.1) is 0 Å². The van der Waals surface area contributed by atoms with E-state index in [2.05, 4.69) is 56.3 Å². The van der Waals surface area contributed by atoms with Crippen molar-refractivity contribution in [1.29, 1.82) is 0 Å². The van der Waals surface area contributed by atoms with Crippen LogP contribution in [0.1, 0.15) is 46.5 Å². The first kappa shape index (κ1) is 20.8. The molecule has 0 spiro atoms. The minimum absolute atomic E-state index is 0.749. The molecule has 0 unspecified atom stereocenters. The molecule has 0 bridgehead atoms. The topological polar surface area (TPSA) is 27.7 Å². The molecule has 1 aliphatic rings. The molecule has 22 heavy (non-hydrogen) atoms. The second-order valence-electron chi connectivity index (χ2n) is 7.11. The molecule has 0 N–H and O–H groups in total. The second-order valence-corrected chi connectivity index (χ2v) is 55.0. The Morgan fingerprint density at radius 1 is 0.909 bits per heavy atom.